The number of ether oxygens (including phenoxy) is 1. The van der Waals surface area contributed by atoms with E-state index in [0.29, 0.717) is 0 Å². The molecule has 4 heteroatoms. The van der Waals surface area contributed by atoms with Crippen molar-refractivity contribution < 1.29 is 4.74 Å². The highest BCUT2D eigenvalue weighted by Gasteiger charge is 2.23. The fraction of sp³-hybridized carbons (Fsp3) is 0.214. The fourth-order valence-corrected chi connectivity index (χ4v) is 2.35. The van der Waals surface area contributed by atoms with E-state index >= 15 is 0 Å². The summed E-state index contributed by atoms with van der Waals surface area (Å²) in [6.45, 7) is 0.742. The van der Waals surface area contributed by atoms with Crippen LogP contribution in [0.15, 0.2) is 42.6 Å². The van der Waals surface area contributed by atoms with Gasteiger partial charge in [-0.15, -0.1) is 0 Å². The highest BCUT2D eigenvalue weighted by molar-refractivity contribution is 5.47. The highest BCUT2D eigenvalue weighted by atomic mass is 16.5. The van der Waals surface area contributed by atoms with Crippen molar-refractivity contribution in [3.05, 3.63) is 59.4 Å². The number of fused-ring (bicyclic) bond motifs is 1. The van der Waals surface area contributed by atoms with Gasteiger partial charge < -0.3 is 4.74 Å². The van der Waals surface area contributed by atoms with E-state index in [1.54, 1.807) is 6.20 Å². The van der Waals surface area contributed by atoms with E-state index in [2.05, 4.69) is 16.5 Å². The van der Waals surface area contributed by atoms with Crippen LogP contribution < -0.4 is 16.0 Å². The Morgan fingerprint density at radius 2 is 2.17 bits per heavy atom. The van der Waals surface area contributed by atoms with Crippen molar-refractivity contribution in [3.63, 3.8) is 0 Å². The number of para-hydroxylation sites is 1. The molecule has 1 aliphatic heterocycles. The standard InChI is InChI=1S/C14H15N3O/c15-17-13(12-6-1-2-8-16-12)11-5-3-4-10-7-9-18-14(10)11/h1-6,8,13,17H,7,9,15H2. The topological polar surface area (TPSA) is 60.2 Å². The first-order valence-corrected chi connectivity index (χ1v) is 6.02. The number of pyridine rings is 1. The van der Waals surface area contributed by atoms with Gasteiger partial charge in [-0.05, 0) is 17.7 Å². The zero-order valence-electron chi connectivity index (χ0n) is 9.97. The molecule has 2 aromatic rings. The van der Waals surface area contributed by atoms with Gasteiger partial charge in [0.05, 0.1) is 18.3 Å². The van der Waals surface area contributed by atoms with Gasteiger partial charge in [0.1, 0.15) is 5.75 Å². The number of benzene rings is 1. The molecule has 0 fully saturated rings. The zero-order valence-corrected chi connectivity index (χ0v) is 9.97. The molecular formula is C14H15N3O. The van der Waals surface area contributed by atoms with Crippen LogP contribution in [0.2, 0.25) is 0 Å². The second-order valence-electron chi connectivity index (χ2n) is 4.29. The number of nitrogens with one attached hydrogen (secondary N) is 1. The average Bonchev–Trinajstić information content (AvgIpc) is 2.90. The van der Waals surface area contributed by atoms with E-state index in [1.807, 2.05) is 30.3 Å². The van der Waals surface area contributed by atoms with Crippen LogP contribution in [-0.2, 0) is 6.42 Å². The van der Waals surface area contributed by atoms with Crippen molar-refractivity contribution in [2.45, 2.75) is 12.5 Å². The number of hydrogen-bond donors (Lipinski definition) is 2. The first-order valence-electron chi connectivity index (χ1n) is 6.02. The van der Waals surface area contributed by atoms with Crippen LogP contribution in [0.25, 0.3) is 0 Å². The third-order valence-electron chi connectivity index (χ3n) is 3.21. The quantitative estimate of drug-likeness (QED) is 0.632. The van der Waals surface area contributed by atoms with Crippen molar-refractivity contribution in [1.29, 1.82) is 0 Å². The molecule has 0 aliphatic carbocycles. The maximum Gasteiger partial charge on any atom is 0.127 e. The van der Waals surface area contributed by atoms with Crippen molar-refractivity contribution in [2.24, 2.45) is 5.84 Å². The van der Waals surface area contributed by atoms with Crippen molar-refractivity contribution in [3.8, 4) is 5.75 Å². The Labute approximate surface area is 106 Å². The molecule has 0 radical (unpaired) electrons. The molecule has 1 aliphatic rings. The van der Waals surface area contributed by atoms with Crippen LogP contribution >= 0.6 is 0 Å². The Morgan fingerprint density at radius 1 is 1.22 bits per heavy atom. The first-order chi connectivity index (χ1) is 8.90. The Balaban J connectivity index is 2.05. The maximum absolute atomic E-state index is 5.71. The number of nitrogens with two attached hydrogens (primary N) is 1. The summed E-state index contributed by atoms with van der Waals surface area (Å²) in [7, 11) is 0. The summed E-state index contributed by atoms with van der Waals surface area (Å²) in [4.78, 5) is 4.35. The molecule has 1 aromatic carbocycles. The second kappa shape index (κ2) is 4.76. The van der Waals surface area contributed by atoms with Crippen LogP contribution in [0.5, 0.6) is 5.75 Å². The average molecular weight is 241 g/mol. The molecule has 0 amide bonds. The van der Waals surface area contributed by atoms with Crippen LogP contribution in [0.4, 0.5) is 0 Å². The molecule has 92 valence electrons. The number of hydrogen-bond acceptors (Lipinski definition) is 4. The van der Waals surface area contributed by atoms with Gasteiger partial charge in [-0.1, -0.05) is 24.3 Å². The van der Waals surface area contributed by atoms with Crippen LogP contribution in [0, 0.1) is 0 Å². The number of rotatable bonds is 3. The summed E-state index contributed by atoms with van der Waals surface area (Å²) >= 11 is 0. The normalized spacial score (nSPS) is 14.9. The molecule has 18 heavy (non-hydrogen) atoms. The van der Waals surface area contributed by atoms with Gasteiger partial charge in [-0.3, -0.25) is 10.8 Å². The summed E-state index contributed by atoms with van der Waals surface area (Å²) in [6, 6.07) is 11.8. The summed E-state index contributed by atoms with van der Waals surface area (Å²) < 4.78 is 5.71. The third kappa shape index (κ3) is 1.85. The van der Waals surface area contributed by atoms with Crippen LogP contribution in [0.3, 0.4) is 0 Å². The third-order valence-corrected chi connectivity index (χ3v) is 3.21. The number of nitrogens with zero attached hydrogens (tertiary/aromatic N) is 1. The van der Waals surface area contributed by atoms with Gasteiger partial charge >= 0.3 is 0 Å². The molecule has 0 spiro atoms. The van der Waals surface area contributed by atoms with E-state index < -0.39 is 0 Å². The van der Waals surface area contributed by atoms with Gasteiger partial charge in [0.25, 0.3) is 0 Å². The first kappa shape index (κ1) is 11.2. The van der Waals surface area contributed by atoms with Crippen molar-refractivity contribution in [2.75, 3.05) is 6.61 Å². The van der Waals surface area contributed by atoms with E-state index in [0.717, 1.165) is 30.0 Å². The lowest BCUT2D eigenvalue weighted by Crippen LogP contribution is -2.29. The smallest absolute Gasteiger partial charge is 0.127 e. The SMILES string of the molecule is NNC(c1ccccn1)c1cccc2c1OCC2. The lowest BCUT2D eigenvalue weighted by Gasteiger charge is -2.18. The molecule has 1 atom stereocenters. The van der Waals surface area contributed by atoms with Crippen LogP contribution in [-0.4, -0.2) is 11.6 Å². The van der Waals surface area contributed by atoms with E-state index in [-0.39, 0.29) is 6.04 Å². The molecule has 2 heterocycles. The molecule has 3 N–H and O–H groups in total. The molecule has 0 bridgehead atoms. The molecular weight excluding hydrogens is 226 g/mol. The van der Waals surface area contributed by atoms with Gasteiger partial charge in [-0.25, -0.2) is 5.43 Å². The Hall–Kier alpha value is -1.91. The van der Waals surface area contributed by atoms with E-state index in [4.69, 9.17) is 10.6 Å². The summed E-state index contributed by atoms with van der Waals surface area (Å²) in [5, 5.41) is 0. The van der Waals surface area contributed by atoms with Gasteiger partial charge in [-0.2, -0.15) is 0 Å². The molecule has 4 nitrogen and oxygen atoms in total. The fourth-order valence-electron chi connectivity index (χ4n) is 2.35. The summed E-state index contributed by atoms with van der Waals surface area (Å²) in [6.07, 6.45) is 2.73. The largest absolute Gasteiger partial charge is 0.493 e. The van der Waals surface area contributed by atoms with Crippen molar-refractivity contribution in [1.82, 2.24) is 10.4 Å². The second-order valence-corrected chi connectivity index (χ2v) is 4.29. The predicted octanol–water partition coefficient (Wildman–Crippen LogP) is 1.57. The monoisotopic (exact) mass is 241 g/mol. The summed E-state index contributed by atoms with van der Waals surface area (Å²) in [5.41, 5.74) is 6.00. The Kier molecular flexibility index (Phi) is 2.96. The highest BCUT2D eigenvalue weighted by Crippen LogP contribution is 2.35. The number of hydrazine groups is 1. The number of aromatic nitrogens is 1. The van der Waals surface area contributed by atoms with Gasteiger partial charge in [0.15, 0.2) is 0 Å². The van der Waals surface area contributed by atoms with Gasteiger partial charge in [0, 0.05) is 18.2 Å². The lowest BCUT2D eigenvalue weighted by molar-refractivity contribution is 0.350. The maximum atomic E-state index is 5.71. The zero-order chi connectivity index (χ0) is 12.4. The Bertz CT molecular complexity index is 542. The summed E-state index contributed by atoms with van der Waals surface area (Å²) in [5.74, 6) is 6.64. The minimum atomic E-state index is -0.140. The van der Waals surface area contributed by atoms with E-state index in [9.17, 15) is 0 Å². The molecule has 1 aromatic heterocycles. The predicted molar refractivity (Wildman–Crippen MR) is 69.0 cm³/mol. The molecule has 3 rings (SSSR count). The Morgan fingerprint density at radius 3 is 2.94 bits per heavy atom. The van der Waals surface area contributed by atoms with Crippen molar-refractivity contribution >= 4 is 0 Å². The molecule has 1 unspecified atom stereocenters. The minimum absolute atomic E-state index is 0.140. The molecule has 0 saturated heterocycles. The minimum Gasteiger partial charge on any atom is -0.493 e. The lowest BCUT2D eigenvalue weighted by atomic mass is 9.99. The molecule has 0 saturated carbocycles. The van der Waals surface area contributed by atoms with Gasteiger partial charge in [0.2, 0.25) is 0 Å². The van der Waals surface area contributed by atoms with E-state index in [1.165, 1.54) is 5.56 Å². The van der Waals surface area contributed by atoms with Crippen LogP contribution in [0.1, 0.15) is 22.9 Å².